The van der Waals surface area contributed by atoms with E-state index in [0.717, 1.165) is 25.8 Å². The standard InChI is InChI=1S/C20H31NO3/c1-19(2)16-20(11-14-24-19,17-9-6-5-7-10-17)15-18(22)23-13-8-12-21(3)4/h5-7,9-10H,8,11-16H2,1-4H3/t20-/m1/s1. The van der Waals surface area contributed by atoms with E-state index in [4.69, 9.17) is 9.47 Å². The number of carbonyl (C=O) groups is 1. The molecule has 0 unspecified atom stereocenters. The van der Waals surface area contributed by atoms with Crippen LogP contribution in [-0.2, 0) is 19.7 Å². The second-order valence-electron chi connectivity index (χ2n) is 7.74. The molecular formula is C20H31NO3. The van der Waals surface area contributed by atoms with Crippen molar-refractivity contribution in [2.45, 2.75) is 50.5 Å². The highest BCUT2D eigenvalue weighted by Gasteiger charge is 2.43. The van der Waals surface area contributed by atoms with Crippen LogP contribution in [0.3, 0.4) is 0 Å². The maximum Gasteiger partial charge on any atom is 0.306 e. The summed E-state index contributed by atoms with van der Waals surface area (Å²) in [5.74, 6) is -0.102. The molecule has 1 saturated heterocycles. The van der Waals surface area contributed by atoms with E-state index in [0.29, 0.717) is 19.6 Å². The highest BCUT2D eigenvalue weighted by Crippen LogP contribution is 2.44. The van der Waals surface area contributed by atoms with Crippen LogP contribution in [0.2, 0.25) is 0 Å². The average Bonchev–Trinajstić information content (AvgIpc) is 2.51. The predicted octanol–water partition coefficient (Wildman–Crippen LogP) is 3.40. The smallest absolute Gasteiger partial charge is 0.306 e. The number of nitrogens with zero attached hydrogens (tertiary/aromatic N) is 1. The largest absolute Gasteiger partial charge is 0.466 e. The summed E-state index contributed by atoms with van der Waals surface area (Å²) >= 11 is 0. The van der Waals surface area contributed by atoms with E-state index >= 15 is 0 Å². The lowest BCUT2D eigenvalue weighted by Gasteiger charge is -2.45. The molecule has 0 radical (unpaired) electrons. The molecular weight excluding hydrogens is 302 g/mol. The average molecular weight is 333 g/mol. The molecule has 1 aliphatic heterocycles. The summed E-state index contributed by atoms with van der Waals surface area (Å²) in [6.07, 6.45) is 2.97. The summed E-state index contributed by atoms with van der Waals surface area (Å²) in [5.41, 5.74) is 0.799. The highest BCUT2D eigenvalue weighted by molar-refractivity contribution is 5.71. The molecule has 134 valence electrons. The van der Waals surface area contributed by atoms with Gasteiger partial charge in [-0.1, -0.05) is 30.3 Å². The van der Waals surface area contributed by atoms with Crippen molar-refractivity contribution >= 4 is 5.97 Å². The Labute approximate surface area is 146 Å². The van der Waals surface area contributed by atoms with E-state index in [1.165, 1.54) is 5.56 Å². The van der Waals surface area contributed by atoms with Gasteiger partial charge in [-0.25, -0.2) is 0 Å². The van der Waals surface area contributed by atoms with Crippen LogP contribution in [0.5, 0.6) is 0 Å². The van der Waals surface area contributed by atoms with Gasteiger partial charge in [0.05, 0.1) is 18.6 Å². The number of hydrogen-bond acceptors (Lipinski definition) is 4. The number of rotatable bonds is 7. The minimum Gasteiger partial charge on any atom is -0.466 e. The number of carbonyl (C=O) groups excluding carboxylic acids is 1. The van der Waals surface area contributed by atoms with Gasteiger partial charge >= 0.3 is 5.97 Å². The summed E-state index contributed by atoms with van der Waals surface area (Å²) in [6.45, 7) is 6.30. The van der Waals surface area contributed by atoms with Gasteiger partial charge in [0.1, 0.15) is 0 Å². The van der Waals surface area contributed by atoms with Crippen LogP contribution in [0.4, 0.5) is 0 Å². The van der Waals surface area contributed by atoms with Gasteiger partial charge in [-0.2, -0.15) is 0 Å². The van der Waals surface area contributed by atoms with Crippen molar-refractivity contribution in [3.63, 3.8) is 0 Å². The normalized spacial score (nSPS) is 23.2. The molecule has 1 atom stereocenters. The first-order chi connectivity index (χ1) is 11.3. The molecule has 4 nitrogen and oxygen atoms in total. The first-order valence-electron chi connectivity index (χ1n) is 8.83. The Morgan fingerprint density at radius 2 is 1.96 bits per heavy atom. The van der Waals surface area contributed by atoms with Gasteiger partial charge in [-0.05, 0) is 52.8 Å². The van der Waals surface area contributed by atoms with Gasteiger partial charge in [-0.15, -0.1) is 0 Å². The Balaban J connectivity index is 2.06. The Kier molecular flexibility index (Phi) is 6.41. The fourth-order valence-corrected chi connectivity index (χ4v) is 3.66. The molecule has 0 aliphatic carbocycles. The third-order valence-corrected chi connectivity index (χ3v) is 4.72. The maximum absolute atomic E-state index is 12.5. The second kappa shape index (κ2) is 8.13. The molecule has 1 heterocycles. The van der Waals surface area contributed by atoms with E-state index in [2.05, 4.69) is 30.9 Å². The number of esters is 1. The zero-order valence-corrected chi connectivity index (χ0v) is 15.5. The van der Waals surface area contributed by atoms with E-state index in [1.54, 1.807) is 0 Å². The Bertz CT molecular complexity index is 527. The minimum absolute atomic E-state index is 0.102. The molecule has 0 N–H and O–H groups in total. The second-order valence-corrected chi connectivity index (χ2v) is 7.74. The lowest BCUT2D eigenvalue weighted by molar-refractivity contribution is -0.148. The van der Waals surface area contributed by atoms with Crippen molar-refractivity contribution in [1.29, 1.82) is 0 Å². The van der Waals surface area contributed by atoms with Gasteiger partial charge in [-0.3, -0.25) is 4.79 Å². The van der Waals surface area contributed by atoms with Crippen LogP contribution in [-0.4, -0.2) is 50.3 Å². The highest BCUT2D eigenvalue weighted by atomic mass is 16.5. The van der Waals surface area contributed by atoms with E-state index < -0.39 is 0 Å². The van der Waals surface area contributed by atoms with Crippen LogP contribution in [0.15, 0.2) is 30.3 Å². The minimum atomic E-state index is -0.223. The molecule has 0 amide bonds. The number of benzene rings is 1. The lowest BCUT2D eigenvalue weighted by Crippen LogP contribution is -2.45. The fraction of sp³-hybridized carbons (Fsp3) is 0.650. The van der Waals surface area contributed by atoms with E-state index in [9.17, 15) is 4.79 Å². The summed E-state index contributed by atoms with van der Waals surface area (Å²) < 4.78 is 11.4. The topological polar surface area (TPSA) is 38.8 Å². The molecule has 0 spiro atoms. The predicted molar refractivity (Wildman–Crippen MR) is 96.1 cm³/mol. The molecule has 1 aliphatic rings. The van der Waals surface area contributed by atoms with Crippen LogP contribution in [0, 0.1) is 0 Å². The fourth-order valence-electron chi connectivity index (χ4n) is 3.66. The molecule has 0 bridgehead atoms. The van der Waals surface area contributed by atoms with Gasteiger partial charge < -0.3 is 14.4 Å². The van der Waals surface area contributed by atoms with Gasteiger partial charge in [0.15, 0.2) is 0 Å². The molecule has 1 aromatic carbocycles. The summed E-state index contributed by atoms with van der Waals surface area (Å²) in [7, 11) is 4.05. The molecule has 24 heavy (non-hydrogen) atoms. The SMILES string of the molecule is CN(C)CCCOC(=O)C[C@]1(c2ccccc2)CCOC(C)(C)C1. The van der Waals surface area contributed by atoms with Gasteiger partial charge in [0, 0.05) is 18.6 Å². The van der Waals surface area contributed by atoms with Crippen LogP contribution in [0.1, 0.15) is 45.1 Å². The van der Waals surface area contributed by atoms with Crippen molar-refractivity contribution in [3.8, 4) is 0 Å². The Hall–Kier alpha value is -1.39. The quantitative estimate of drug-likeness (QED) is 0.566. The van der Waals surface area contributed by atoms with Gasteiger partial charge in [0.25, 0.3) is 0 Å². The molecule has 0 aromatic heterocycles. The molecule has 4 heteroatoms. The summed E-state index contributed by atoms with van der Waals surface area (Å²) in [4.78, 5) is 14.6. The maximum atomic E-state index is 12.5. The summed E-state index contributed by atoms with van der Waals surface area (Å²) in [5, 5.41) is 0. The van der Waals surface area contributed by atoms with Crippen molar-refractivity contribution < 1.29 is 14.3 Å². The monoisotopic (exact) mass is 333 g/mol. The number of ether oxygens (including phenoxy) is 2. The van der Waals surface area contributed by atoms with Crippen molar-refractivity contribution in [2.24, 2.45) is 0 Å². The van der Waals surface area contributed by atoms with Gasteiger partial charge in [0.2, 0.25) is 0 Å². The van der Waals surface area contributed by atoms with E-state index in [-0.39, 0.29) is 17.0 Å². The Morgan fingerprint density at radius 1 is 1.25 bits per heavy atom. The first kappa shape index (κ1) is 18.9. The number of hydrogen-bond donors (Lipinski definition) is 0. The third-order valence-electron chi connectivity index (χ3n) is 4.72. The van der Waals surface area contributed by atoms with Crippen molar-refractivity contribution in [1.82, 2.24) is 4.90 Å². The molecule has 1 fully saturated rings. The van der Waals surface area contributed by atoms with Crippen molar-refractivity contribution in [2.75, 3.05) is 33.9 Å². The zero-order chi connectivity index (χ0) is 17.6. The Morgan fingerprint density at radius 3 is 2.58 bits per heavy atom. The summed E-state index contributed by atoms with van der Waals surface area (Å²) in [6, 6.07) is 10.4. The lowest BCUT2D eigenvalue weighted by atomic mass is 9.67. The third kappa shape index (κ3) is 5.32. The van der Waals surface area contributed by atoms with Crippen LogP contribution in [0.25, 0.3) is 0 Å². The van der Waals surface area contributed by atoms with E-state index in [1.807, 2.05) is 32.3 Å². The molecule has 1 aromatic rings. The van der Waals surface area contributed by atoms with Crippen molar-refractivity contribution in [3.05, 3.63) is 35.9 Å². The first-order valence-corrected chi connectivity index (χ1v) is 8.83. The molecule has 2 rings (SSSR count). The molecule has 0 saturated carbocycles. The van der Waals surface area contributed by atoms with Crippen LogP contribution < -0.4 is 0 Å². The zero-order valence-electron chi connectivity index (χ0n) is 15.5. The van der Waals surface area contributed by atoms with Crippen LogP contribution >= 0.6 is 0 Å².